The number of rotatable bonds is 3. The molecule has 1 heterocycles. The first-order valence-electron chi connectivity index (χ1n) is 6.06. The van der Waals surface area contributed by atoms with E-state index in [1.165, 1.54) is 6.08 Å². The summed E-state index contributed by atoms with van der Waals surface area (Å²) in [6.07, 6.45) is 6.69. The second-order valence-corrected chi connectivity index (χ2v) is 6.33. The van der Waals surface area contributed by atoms with Crippen LogP contribution in [0.4, 0.5) is 0 Å². The van der Waals surface area contributed by atoms with Gasteiger partial charge in [0.2, 0.25) is 5.91 Å². The van der Waals surface area contributed by atoms with Gasteiger partial charge in [-0.15, -0.1) is 11.3 Å². The number of nitrogens with one attached hydrogen (secondary N) is 1. The highest BCUT2D eigenvalue weighted by atomic mass is 79.9. The SMILES string of the molecule is O=C(/C=C/c1cc(Br)cs1)NC1CCCCC1O. The Morgan fingerprint density at radius 1 is 1.50 bits per heavy atom. The van der Waals surface area contributed by atoms with E-state index in [-0.39, 0.29) is 11.9 Å². The first-order valence-corrected chi connectivity index (χ1v) is 7.73. The van der Waals surface area contributed by atoms with Crippen LogP contribution in [0.3, 0.4) is 0 Å². The van der Waals surface area contributed by atoms with Crippen LogP contribution in [0.5, 0.6) is 0 Å². The molecule has 0 bridgehead atoms. The van der Waals surface area contributed by atoms with Crippen LogP contribution in [0.15, 0.2) is 22.0 Å². The quantitative estimate of drug-likeness (QED) is 0.837. The first kappa shape index (κ1) is 13.8. The number of hydrogen-bond acceptors (Lipinski definition) is 3. The Kier molecular flexibility index (Phi) is 4.97. The van der Waals surface area contributed by atoms with Crippen LogP contribution in [0, 0.1) is 0 Å². The van der Waals surface area contributed by atoms with Crippen molar-refractivity contribution in [2.24, 2.45) is 0 Å². The molecule has 98 valence electrons. The van der Waals surface area contributed by atoms with Gasteiger partial charge in [0, 0.05) is 20.8 Å². The Hall–Kier alpha value is -0.650. The van der Waals surface area contributed by atoms with Gasteiger partial charge in [-0.1, -0.05) is 12.8 Å². The molecule has 1 aliphatic rings. The maximum absolute atomic E-state index is 11.7. The van der Waals surface area contributed by atoms with Crippen LogP contribution < -0.4 is 5.32 Å². The first-order chi connectivity index (χ1) is 8.65. The molecule has 1 aromatic rings. The maximum Gasteiger partial charge on any atom is 0.244 e. The van der Waals surface area contributed by atoms with Crippen LogP contribution in [-0.4, -0.2) is 23.2 Å². The van der Waals surface area contributed by atoms with Gasteiger partial charge in [-0.3, -0.25) is 4.79 Å². The van der Waals surface area contributed by atoms with E-state index in [0.717, 1.165) is 35.0 Å². The van der Waals surface area contributed by atoms with Gasteiger partial charge >= 0.3 is 0 Å². The summed E-state index contributed by atoms with van der Waals surface area (Å²) in [7, 11) is 0. The van der Waals surface area contributed by atoms with Crippen molar-refractivity contribution in [2.75, 3.05) is 0 Å². The van der Waals surface area contributed by atoms with Gasteiger partial charge in [0.25, 0.3) is 0 Å². The third-order valence-corrected chi connectivity index (χ3v) is 4.70. The van der Waals surface area contributed by atoms with Crippen molar-refractivity contribution in [1.82, 2.24) is 5.32 Å². The Bertz CT molecular complexity index is 444. The molecule has 1 aliphatic carbocycles. The lowest BCUT2D eigenvalue weighted by atomic mass is 9.92. The van der Waals surface area contributed by atoms with E-state index in [2.05, 4.69) is 21.2 Å². The number of thiophene rings is 1. The zero-order chi connectivity index (χ0) is 13.0. The van der Waals surface area contributed by atoms with Crippen LogP contribution in [0.2, 0.25) is 0 Å². The molecule has 5 heteroatoms. The minimum atomic E-state index is -0.396. The lowest BCUT2D eigenvalue weighted by Gasteiger charge is -2.27. The average Bonchev–Trinajstić information content (AvgIpc) is 2.76. The molecule has 2 unspecified atom stereocenters. The molecule has 1 aromatic heterocycles. The predicted molar refractivity (Wildman–Crippen MR) is 77.5 cm³/mol. The molecule has 1 saturated carbocycles. The molecule has 3 nitrogen and oxygen atoms in total. The summed E-state index contributed by atoms with van der Waals surface area (Å²) >= 11 is 4.94. The van der Waals surface area contributed by atoms with E-state index in [4.69, 9.17) is 0 Å². The molecule has 0 aliphatic heterocycles. The summed E-state index contributed by atoms with van der Waals surface area (Å²) in [6.45, 7) is 0. The van der Waals surface area contributed by atoms with Gasteiger partial charge in [-0.25, -0.2) is 0 Å². The number of aliphatic hydroxyl groups excluding tert-OH is 1. The Morgan fingerprint density at radius 2 is 2.28 bits per heavy atom. The Balaban J connectivity index is 1.86. The fourth-order valence-corrected chi connectivity index (χ4v) is 3.42. The van der Waals surface area contributed by atoms with Crippen LogP contribution >= 0.6 is 27.3 Å². The highest BCUT2D eigenvalue weighted by molar-refractivity contribution is 9.10. The molecular weight excluding hydrogens is 314 g/mol. The minimum Gasteiger partial charge on any atom is -0.391 e. The van der Waals surface area contributed by atoms with Gasteiger partial charge in [0.1, 0.15) is 0 Å². The van der Waals surface area contributed by atoms with Gasteiger partial charge in [-0.05, 0) is 40.9 Å². The van der Waals surface area contributed by atoms with Crippen molar-refractivity contribution < 1.29 is 9.90 Å². The number of halogens is 1. The second-order valence-electron chi connectivity index (χ2n) is 4.47. The standard InChI is InChI=1S/C13H16BrNO2S/c14-9-7-10(18-8-9)5-6-13(17)15-11-3-1-2-4-12(11)16/h5-8,11-12,16H,1-4H2,(H,15,17)/b6-5+. The van der Waals surface area contributed by atoms with Crippen LogP contribution in [-0.2, 0) is 4.79 Å². The summed E-state index contributed by atoms with van der Waals surface area (Å²) in [4.78, 5) is 12.7. The molecular formula is C13H16BrNO2S. The van der Waals surface area contributed by atoms with Gasteiger partial charge < -0.3 is 10.4 Å². The smallest absolute Gasteiger partial charge is 0.244 e. The lowest BCUT2D eigenvalue weighted by Crippen LogP contribution is -2.44. The molecule has 0 radical (unpaired) electrons. The Labute approximate surface area is 119 Å². The summed E-state index contributed by atoms with van der Waals surface area (Å²) in [5.41, 5.74) is 0. The third kappa shape index (κ3) is 3.93. The van der Waals surface area contributed by atoms with Crippen molar-refractivity contribution in [2.45, 2.75) is 37.8 Å². The van der Waals surface area contributed by atoms with E-state index in [1.807, 2.05) is 11.4 Å². The summed E-state index contributed by atoms with van der Waals surface area (Å²) in [5, 5.41) is 14.6. The maximum atomic E-state index is 11.7. The van der Waals surface area contributed by atoms with Crippen LogP contribution in [0.25, 0.3) is 6.08 Å². The van der Waals surface area contributed by atoms with Crippen molar-refractivity contribution in [3.63, 3.8) is 0 Å². The number of hydrogen-bond donors (Lipinski definition) is 2. The highest BCUT2D eigenvalue weighted by Gasteiger charge is 2.23. The number of aliphatic hydroxyl groups is 1. The van der Waals surface area contributed by atoms with E-state index in [0.29, 0.717) is 0 Å². The third-order valence-electron chi connectivity index (χ3n) is 3.04. The lowest BCUT2D eigenvalue weighted by molar-refractivity contribution is -0.118. The van der Waals surface area contributed by atoms with E-state index < -0.39 is 6.10 Å². The average molecular weight is 330 g/mol. The molecule has 1 amide bonds. The fraction of sp³-hybridized carbons (Fsp3) is 0.462. The normalized spacial score (nSPS) is 24.3. The number of amides is 1. The molecule has 1 fully saturated rings. The largest absolute Gasteiger partial charge is 0.391 e. The molecule has 2 atom stereocenters. The van der Waals surface area contributed by atoms with Crippen molar-refractivity contribution >= 4 is 39.2 Å². The summed E-state index contributed by atoms with van der Waals surface area (Å²) < 4.78 is 1.02. The molecule has 18 heavy (non-hydrogen) atoms. The number of carbonyl (C=O) groups excluding carboxylic acids is 1. The predicted octanol–water partition coefficient (Wildman–Crippen LogP) is 2.94. The van der Waals surface area contributed by atoms with Crippen molar-refractivity contribution in [1.29, 1.82) is 0 Å². The van der Waals surface area contributed by atoms with Crippen LogP contribution in [0.1, 0.15) is 30.6 Å². The summed E-state index contributed by atoms with van der Waals surface area (Å²) in [6, 6.07) is 1.87. The monoisotopic (exact) mass is 329 g/mol. The summed E-state index contributed by atoms with van der Waals surface area (Å²) in [5.74, 6) is -0.134. The van der Waals surface area contributed by atoms with E-state index >= 15 is 0 Å². The van der Waals surface area contributed by atoms with Crippen molar-refractivity contribution in [3.8, 4) is 0 Å². The molecule has 0 saturated heterocycles. The van der Waals surface area contributed by atoms with E-state index in [1.54, 1.807) is 17.4 Å². The molecule has 2 rings (SSSR count). The van der Waals surface area contributed by atoms with Crippen molar-refractivity contribution in [3.05, 3.63) is 26.9 Å². The zero-order valence-electron chi connectivity index (χ0n) is 9.93. The molecule has 2 N–H and O–H groups in total. The minimum absolute atomic E-state index is 0.0917. The second kappa shape index (κ2) is 6.50. The van der Waals surface area contributed by atoms with E-state index in [9.17, 15) is 9.90 Å². The number of carbonyl (C=O) groups is 1. The topological polar surface area (TPSA) is 49.3 Å². The molecule has 0 spiro atoms. The zero-order valence-corrected chi connectivity index (χ0v) is 12.3. The Morgan fingerprint density at radius 3 is 2.94 bits per heavy atom. The fourth-order valence-electron chi connectivity index (χ4n) is 2.08. The van der Waals surface area contributed by atoms with Gasteiger partial charge in [-0.2, -0.15) is 0 Å². The molecule has 0 aromatic carbocycles. The van der Waals surface area contributed by atoms with Gasteiger partial charge in [0.05, 0.1) is 12.1 Å². The van der Waals surface area contributed by atoms with Gasteiger partial charge in [0.15, 0.2) is 0 Å². The highest BCUT2D eigenvalue weighted by Crippen LogP contribution is 2.21.